The Kier molecular flexibility index (Phi) is 2.69. The molecular weight excluding hydrogens is 213 g/mol. The van der Waals surface area contributed by atoms with Crippen molar-refractivity contribution in [1.29, 1.82) is 0 Å². The van der Waals surface area contributed by atoms with Gasteiger partial charge in [0.2, 0.25) is 0 Å². The van der Waals surface area contributed by atoms with E-state index in [0.29, 0.717) is 5.02 Å². The summed E-state index contributed by atoms with van der Waals surface area (Å²) in [4.78, 5) is 4.12. The maximum atomic E-state index is 5.70. The third-order valence-corrected chi connectivity index (χ3v) is 2.02. The molecule has 10 heavy (non-hydrogen) atoms. The molecule has 1 nitrogen and oxygen atoms in total. The zero-order valence-electron chi connectivity index (χ0n) is 5.56. The van der Waals surface area contributed by atoms with E-state index in [1.165, 1.54) is 0 Å². The van der Waals surface area contributed by atoms with E-state index in [2.05, 4.69) is 20.9 Å². The average Bonchev–Trinajstić information content (AvgIpc) is 1.88. The quantitative estimate of drug-likeness (QED) is 0.663. The molecule has 0 aliphatic heterocycles. The molecule has 1 heterocycles. The van der Waals surface area contributed by atoms with E-state index in [9.17, 15) is 0 Å². The van der Waals surface area contributed by atoms with Crippen LogP contribution in [0.4, 0.5) is 0 Å². The molecule has 0 unspecified atom stereocenters. The lowest BCUT2D eigenvalue weighted by Crippen LogP contribution is -1.88. The van der Waals surface area contributed by atoms with Crippen molar-refractivity contribution in [2.45, 2.75) is 12.3 Å². The van der Waals surface area contributed by atoms with E-state index in [0.717, 1.165) is 16.6 Å². The van der Waals surface area contributed by atoms with E-state index in [1.807, 2.05) is 13.0 Å². The molecule has 0 aromatic carbocycles. The highest BCUT2D eigenvalue weighted by molar-refractivity contribution is 9.08. The summed E-state index contributed by atoms with van der Waals surface area (Å²) in [6.07, 6.45) is 1.66. The Morgan fingerprint density at radius 1 is 1.70 bits per heavy atom. The predicted octanol–water partition coefficient (Wildman–Crippen LogP) is 2.94. The first kappa shape index (κ1) is 8.02. The number of rotatable bonds is 1. The van der Waals surface area contributed by atoms with Gasteiger partial charge in [0.15, 0.2) is 0 Å². The van der Waals surface area contributed by atoms with Gasteiger partial charge in [0.1, 0.15) is 0 Å². The molecule has 0 bridgehead atoms. The van der Waals surface area contributed by atoms with Crippen LogP contribution in [0.5, 0.6) is 0 Å². The Labute approximate surface area is 73.6 Å². The third kappa shape index (κ3) is 1.70. The fraction of sp³-hybridized carbons (Fsp3) is 0.286. The van der Waals surface area contributed by atoms with Gasteiger partial charge >= 0.3 is 0 Å². The lowest BCUT2D eigenvalue weighted by Gasteiger charge is -1.99. The lowest BCUT2D eigenvalue weighted by atomic mass is 10.2. The first-order chi connectivity index (χ1) is 4.74. The summed E-state index contributed by atoms with van der Waals surface area (Å²) in [7, 11) is 0. The highest BCUT2D eigenvalue weighted by Crippen LogP contribution is 2.13. The minimum absolute atomic E-state index is 0.696. The van der Waals surface area contributed by atoms with Crippen molar-refractivity contribution in [2.75, 3.05) is 0 Å². The first-order valence-corrected chi connectivity index (χ1v) is 4.41. The second-order valence-corrected chi connectivity index (χ2v) is 3.05. The van der Waals surface area contributed by atoms with E-state index >= 15 is 0 Å². The van der Waals surface area contributed by atoms with Crippen molar-refractivity contribution < 1.29 is 0 Å². The molecule has 0 atom stereocenters. The molecule has 1 aromatic heterocycles. The molecule has 0 N–H and O–H groups in total. The van der Waals surface area contributed by atoms with Gasteiger partial charge in [-0.3, -0.25) is 4.98 Å². The van der Waals surface area contributed by atoms with E-state index < -0.39 is 0 Å². The minimum Gasteiger partial charge on any atom is -0.259 e. The summed E-state index contributed by atoms with van der Waals surface area (Å²) >= 11 is 9.02. The summed E-state index contributed by atoms with van der Waals surface area (Å²) in [5, 5.41) is 1.48. The normalized spacial score (nSPS) is 9.90. The van der Waals surface area contributed by atoms with Crippen molar-refractivity contribution in [2.24, 2.45) is 0 Å². The Morgan fingerprint density at radius 2 is 2.40 bits per heavy atom. The summed E-state index contributed by atoms with van der Waals surface area (Å²) in [6, 6.07) is 1.91. The van der Waals surface area contributed by atoms with Crippen molar-refractivity contribution in [3.8, 4) is 0 Å². The van der Waals surface area contributed by atoms with Gasteiger partial charge in [0.05, 0.1) is 10.7 Å². The molecule has 0 spiro atoms. The largest absolute Gasteiger partial charge is 0.259 e. The number of aromatic nitrogens is 1. The predicted molar refractivity (Wildman–Crippen MR) is 46.6 cm³/mol. The smallest absolute Gasteiger partial charge is 0.0592 e. The zero-order valence-corrected chi connectivity index (χ0v) is 7.91. The van der Waals surface area contributed by atoms with Crippen LogP contribution in [0, 0.1) is 6.92 Å². The SMILES string of the molecule is Cc1cc(Cl)cnc1CBr. The molecule has 0 saturated heterocycles. The first-order valence-electron chi connectivity index (χ1n) is 2.91. The van der Waals surface area contributed by atoms with Crippen molar-refractivity contribution in [3.05, 3.63) is 28.5 Å². The molecule has 0 aliphatic rings. The van der Waals surface area contributed by atoms with Crippen LogP contribution in [0.15, 0.2) is 12.3 Å². The highest BCUT2D eigenvalue weighted by Gasteiger charge is 1.96. The summed E-state index contributed by atoms with van der Waals surface area (Å²) in [6.45, 7) is 2.00. The Morgan fingerprint density at radius 3 is 2.90 bits per heavy atom. The van der Waals surface area contributed by atoms with Crippen LogP contribution >= 0.6 is 27.5 Å². The van der Waals surface area contributed by atoms with E-state index in [1.54, 1.807) is 6.20 Å². The molecule has 0 saturated carbocycles. The molecule has 0 aliphatic carbocycles. The number of aryl methyl sites for hydroxylation is 1. The molecule has 1 aromatic rings. The maximum absolute atomic E-state index is 5.70. The number of nitrogens with zero attached hydrogens (tertiary/aromatic N) is 1. The fourth-order valence-corrected chi connectivity index (χ4v) is 1.51. The molecule has 0 fully saturated rings. The third-order valence-electron chi connectivity index (χ3n) is 1.28. The topological polar surface area (TPSA) is 12.9 Å². The van der Waals surface area contributed by atoms with Gasteiger partial charge in [-0.1, -0.05) is 27.5 Å². The van der Waals surface area contributed by atoms with Crippen LogP contribution < -0.4 is 0 Å². The molecule has 0 amide bonds. The molecule has 3 heteroatoms. The van der Waals surface area contributed by atoms with Crippen molar-refractivity contribution in [1.82, 2.24) is 4.98 Å². The van der Waals surface area contributed by atoms with Crippen LogP contribution in [-0.2, 0) is 5.33 Å². The second-order valence-electron chi connectivity index (χ2n) is 2.05. The van der Waals surface area contributed by atoms with Gasteiger partial charge in [0, 0.05) is 11.5 Å². The van der Waals surface area contributed by atoms with Gasteiger partial charge in [0.25, 0.3) is 0 Å². The van der Waals surface area contributed by atoms with Crippen LogP contribution in [0.1, 0.15) is 11.3 Å². The molecule has 0 radical (unpaired) electrons. The lowest BCUT2D eigenvalue weighted by molar-refractivity contribution is 1.14. The Balaban J connectivity index is 3.07. The number of hydrogen-bond donors (Lipinski definition) is 0. The standard InChI is InChI=1S/C7H7BrClN/c1-5-2-6(9)4-10-7(5)3-8/h2,4H,3H2,1H3. The zero-order chi connectivity index (χ0) is 7.56. The monoisotopic (exact) mass is 219 g/mol. The van der Waals surface area contributed by atoms with Gasteiger partial charge in [-0.05, 0) is 18.6 Å². The Bertz CT molecular complexity index is 237. The highest BCUT2D eigenvalue weighted by atomic mass is 79.9. The number of halogens is 2. The van der Waals surface area contributed by atoms with E-state index in [4.69, 9.17) is 11.6 Å². The van der Waals surface area contributed by atoms with Gasteiger partial charge in [-0.25, -0.2) is 0 Å². The van der Waals surface area contributed by atoms with Crippen molar-refractivity contribution >= 4 is 27.5 Å². The van der Waals surface area contributed by atoms with Gasteiger partial charge in [-0.2, -0.15) is 0 Å². The van der Waals surface area contributed by atoms with E-state index in [-0.39, 0.29) is 0 Å². The number of hydrogen-bond acceptors (Lipinski definition) is 1. The van der Waals surface area contributed by atoms with Crippen LogP contribution in [0.2, 0.25) is 5.02 Å². The van der Waals surface area contributed by atoms with Crippen molar-refractivity contribution in [3.63, 3.8) is 0 Å². The molecule has 54 valence electrons. The van der Waals surface area contributed by atoms with Gasteiger partial charge < -0.3 is 0 Å². The Hall–Kier alpha value is -0.0800. The molecular formula is C7H7BrClN. The summed E-state index contributed by atoms with van der Waals surface area (Å²) in [5.41, 5.74) is 2.17. The molecule has 1 rings (SSSR count). The van der Waals surface area contributed by atoms with Crippen LogP contribution in [0.25, 0.3) is 0 Å². The minimum atomic E-state index is 0.696. The number of pyridine rings is 1. The maximum Gasteiger partial charge on any atom is 0.0592 e. The second kappa shape index (κ2) is 3.35. The summed E-state index contributed by atoms with van der Waals surface area (Å²) < 4.78 is 0. The van der Waals surface area contributed by atoms with Crippen LogP contribution in [0.3, 0.4) is 0 Å². The summed E-state index contributed by atoms with van der Waals surface area (Å²) in [5.74, 6) is 0. The van der Waals surface area contributed by atoms with Gasteiger partial charge in [-0.15, -0.1) is 0 Å². The average molecular weight is 220 g/mol. The fourth-order valence-electron chi connectivity index (χ4n) is 0.709. The van der Waals surface area contributed by atoms with Crippen LogP contribution in [-0.4, -0.2) is 4.98 Å². The number of alkyl halides is 1.